The summed E-state index contributed by atoms with van der Waals surface area (Å²) in [5, 5.41) is 0. The Bertz CT molecular complexity index is 580. The number of hydrogen-bond donors (Lipinski definition) is 2. The Labute approximate surface area is 124 Å². The number of benzene rings is 2. The minimum atomic E-state index is -4.67. The smallest absolute Gasteiger partial charge is 0.303 e. The summed E-state index contributed by atoms with van der Waals surface area (Å²) in [5.74, 6) is -0.171. The first-order valence-electron chi connectivity index (χ1n) is 6.73. The van der Waals surface area contributed by atoms with Gasteiger partial charge in [-0.2, -0.15) is 0 Å². The second-order valence-corrected chi connectivity index (χ2v) is 6.37. The molecule has 112 valence electrons. The normalized spacial score (nSPS) is 12.6. The van der Waals surface area contributed by atoms with Crippen LogP contribution in [0, 0.1) is 5.92 Å². The first-order chi connectivity index (χ1) is 9.86. The van der Waals surface area contributed by atoms with Gasteiger partial charge in [0.25, 0.3) is 0 Å². The zero-order valence-corrected chi connectivity index (χ0v) is 12.9. The van der Waals surface area contributed by atoms with Crippen LogP contribution in [0.4, 0.5) is 0 Å². The highest BCUT2D eigenvalue weighted by Crippen LogP contribution is 2.52. The molecule has 0 radical (unpaired) electrons. The van der Waals surface area contributed by atoms with Gasteiger partial charge >= 0.3 is 7.82 Å². The summed E-state index contributed by atoms with van der Waals surface area (Å²) < 4.78 is 16.9. The van der Waals surface area contributed by atoms with E-state index in [4.69, 9.17) is 4.52 Å². The molecule has 2 aromatic carbocycles. The van der Waals surface area contributed by atoms with E-state index in [2.05, 4.69) is 0 Å². The van der Waals surface area contributed by atoms with Gasteiger partial charge in [-0.25, -0.2) is 4.57 Å². The predicted octanol–water partition coefficient (Wildman–Crippen LogP) is 3.70. The van der Waals surface area contributed by atoms with Gasteiger partial charge in [-0.1, -0.05) is 74.5 Å². The Hall–Kier alpha value is -1.45. The molecule has 0 amide bonds. The topological polar surface area (TPSA) is 66.8 Å². The summed E-state index contributed by atoms with van der Waals surface area (Å²) in [6, 6.07) is 18.3. The molecule has 4 nitrogen and oxygen atoms in total. The molecule has 0 spiro atoms. The van der Waals surface area contributed by atoms with E-state index in [1.807, 2.05) is 74.5 Å². The van der Waals surface area contributed by atoms with E-state index in [-0.39, 0.29) is 5.92 Å². The third-order valence-corrected chi connectivity index (χ3v) is 4.01. The van der Waals surface area contributed by atoms with Crippen molar-refractivity contribution in [1.82, 2.24) is 0 Å². The van der Waals surface area contributed by atoms with Crippen LogP contribution >= 0.6 is 7.82 Å². The van der Waals surface area contributed by atoms with Gasteiger partial charge in [0, 0.05) is 0 Å². The van der Waals surface area contributed by atoms with Crippen LogP contribution in [0.1, 0.15) is 25.0 Å². The minimum Gasteiger partial charge on any atom is -0.303 e. The molecule has 0 atom stereocenters. The second-order valence-electron chi connectivity index (χ2n) is 5.20. The largest absolute Gasteiger partial charge is 0.470 e. The molecule has 0 fully saturated rings. The molecule has 0 heterocycles. The molecule has 2 N–H and O–H groups in total. The molecule has 0 unspecified atom stereocenters. The highest BCUT2D eigenvalue weighted by molar-refractivity contribution is 7.46. The molecule has 0 bridgehead atoms. The van der Waals surface area contributed by atoms with Crippen molar-refractivity contribution in [3.8, 4) is 0 Å². The number of rotatable bonds is 5. The highest BCUT2D eigenvalue weighted by Gasteiger charge is 2.44. The monoisotopic (exact) mass is 306 g/mol. The lowest BCUT2D eigenvalue weighted by Crippen LogP contribution is -2.36. The van der Waals surface area contributed by atoms with Crippen molar-refractivity contribution in [1.29, 1.82) is 0 Å². The van der Waals surface area contributed by atoms with E-state index < -0.39 is 13.4 Å². The fourth-order valence-corrected chi connectivity index (χ4v) is 3.40. The van der Waals surface area contributed by atoms with Crippen LogP contribution in [0.5, 0.6) is 0 Å². The third kappa shape index (κ3) is 3.42. The van der Waals surface area contributed by atoms with Gasteiger partial charge < -0.3 is 9.79 Å². The van der Waals surface area contributed by atoms with Crippen LogP contribution in [0.15, 0.2) is 60.7 Å². The Morgan fingerprint density at radius 1 is 0.905 bits per heavy atom. The zero-order valence-electron chi connectivity index (χ0n) is 12.0. The quantitative estimate of drug-likeness (QED) is 0.827. The van der Waals surface area contributed by atoms with Crippen LogP contribution in [-0.2, 0) is 14.7 Å². The number of hydrogen-bond acceptors (Lipinski definition) is 2. The van der Waals surface area contributed by atoms with Crippen molar-refractivity contribution in [3.63, 3.8) is 0 Å². The lowest BCUT2D eigenvalue weighted by Gasteiger charge is -2.38. The second kappa shape index (κ2) is 6.12. The summed E-state index contributed by atoms with van der Waals surface area (Å²) in [4.78, 5) is 18.8. The van der Waals surface area contributed by atoms with Gasteiger partial charge in [-0.3, -0.25) is 4.52 Å². The summed E-state index contributed by atoms with van der Waals surface area (Å²) in [6.07, 6.45) is 0. The number of phosphoric ester groups is 1. The van der Waals surface area contributed by atoms with Crippen molar-refractivity contribution < 1.29 is 18.9 Å². The predicted molar refractivity (Wildman–Crippen MR) is 81.6 cm³/mol. The fraction of sp³-hybridized carbons (Fsp3) is 0.250. The molecule has 21 heavy (non-hydrogen) atoms. The molecule has 0 aliphatic carbocycles. The van der Waals surface area contributed by atoms with Crippen LogP contribution in [0.3, 0.4) is 0 Å². The molecule has 2 rings (SSSR count). The molecule has 0 aromatic heterocycles. The van der Waals surface area contributed by atoms with Crippen molar-refractivity contribution in [3.05, 3.63) is 71.8 Å². The Kier molecular flexibility index (Phi) is 4.64. The minimum absolute atomic E-state index is 0.171. The third-order valence-electron chi connectivity index (χ3n) is 3.48. The Morgan fingerprint density at radius 3 is 1.57 bits per heavy atom. The van der Waals surface area contributed by atoms with Crippen LogP contribution in [-0.4, -0.2) is 9.79 Å². The van der Waals surface area contributed by atoms with Gasteiger partial charge in [-0.15, -0.1) is 0 Å². The van der Waals surface area contributed by atoms with Crippen LogP contribution in [0.25, 0.3) is 0 Å². The average Bonchev–Trinajstić information content (AvgIpc) is 2.45. The summed E-state index contributed by atoms with van der Waals surface area (Å²) in [7, 11) is -4.67. The zero-order chi connectivity index (χ0) is 15.5. The van der Waals surface area contributed by atoms with Gasteiger partial charge in [0.2, 0.25) is 0 Å². The van der Waals surface area contributed by atoms with E-state index in [1.54, 1.807) is 0 Å². The maximum atomic E-state index is 11.6. The average molecular weight is 306 g/mol. The van der Waals surface area contributed by atoms with Crippen LogP contribution < -0.4 is 0 Å². The molecule has 5 heteroatoms. The molecule has 0 saturated carbocycles. The van der Waals surface area contributed by atoms with E-state index in [9.17, 15) is 14.4 Å². The molecular weight excluding hydrogens is 287 g/mol. The summed E-state index contributed by atoms with van der Waals surface area (Å²) in [6.45, 7) is 3.77. The van der Waals surface area contributed by atoms with Gasteiger partial charge in [-0.05, 0) is 17.0 Å². The van der Waals surface area contributed by atoms with Gasteiger partial charge in [0.1, 0.15) is 5.60 Å². The van der Waals surface area contributed by atoms with Gasteiger partial charge in [0.15, 0.2) is 0 Å². The first kappa shape index (κ1) is 15.9. The maximum absolute atomic E-state index is 11.6. The van der Waals surface area contributed by atoms with Crippen LogP contribution in [0.2, 0.25) is 0 Å². The van der Waals surface area contributed by atoms with E-state index in [0.717, 1.165) is 11.1 Å². The van der Waals surface area contributed by atoms with Crippen molar-refractivity contribution >= 4 is 7.82 Å². The standard InChI is InChI=1S/C16H19O4P/c1-13(2)16(20-21(17,18)19,14-9-5-3-6-10-14)15-11-7-4-8-12-15/h3-13H,1-2H3,(H2,17,18,19). The summed E-state index contributed by atoms with van der Waals surface area (Å²) >= 11 is 0. The molecular formula is C16H19O4P. The number of phosphoric acid groups is 1. The lowest BCUT2D eigenvalue weighted by molar-refractivity contribution is 0.0260. The molecule has 0 saturated heterocycles. The first-order valence-corrected chi connectivity index (χ1v) is 8.26. The van der Waals surface area contributed by atoms with Crippen molar-refractivity contribution in [2.24, 2.45) is 5.92 Å². The van der Waals surface area contributed by atoms with E-state index >= 15 is 0 Å². The SMILES string of the molecule is CC(C)C(OP(=O)(O)O)(c1ccccc1)c1ccccc1. The highest BCUT2D eigenvalue weighted by atomic mass is 31.2. The van der Waals surface area contributed by atoms with Crippen molar-refractivity contribution in [2.45, 2.75) is 19.4 Å². The Morgan fingerprint density at radius 2 is 1.29 bits per heavy atom. The molecule has 0 aliphatic rings. The lowest BCUT2D eigenvalue weighted by atomic mass is 9.78. The Balaban J connectivity index is 2.70. The maximum Gasteiger partial charge on any atom is 0.470 e. The van der Waals surface area contributed by atoms with E-state index in [1.165, 1.54) is 0 Å². The van der Waals surface area contributed by atoms with E-state index in [0.29, 0.717) is 0 Å². The van der Waals surface area contributed by atoms with Gasteiger partial charge in [0.05, 0.1) is 0 Å². The van der Waals surface area contributed by atoms with Crippen molar-refractivity contribution in [2.75, 3.05) is 0 Å². The molecule has 2 aromatic rings. The fourth-order valence-electron chi connectivity index (χ4n) is 2.60. The summed E-state index contributed by atoms with van der Waals surface area (Å²) in [5.41, 5.74) is 0.241. The molecule has 0 aliphatic heterocycles.